The third-order valence-corrected chi connectivity index (χ3v) is 6.50. The van der Waals surface area contributed by atoms with Gasteiger partial charge in [0.2, 0.25) is 0 Å². The molecule has 6 nitrogen and oxygen atoms in total. The van der Waals surface area contributed by atoms with E-state index in [9.17, 15) is 14.4 Å². The van der Waals surface area contributed by atoms with E-state index >= 15 is 0 Å². The Kier molecular flexibility index (Phi) is 6.20. The molecule has 0 aliphatic rings. The van der Waals surface area contributed by atoms with Crippen LogP contribution in [0.4, 0.5) is 5.69 Å². The van der Waals surface area contributed by atoms with Gasteiger partial charge in [-0.25, -0.2) is 0 Å². The van der Waals surface area contributed by atoms with Gasteiger partial charge < -0.3 is 5.32 Å². The highest BCUT2D eigenvalue weighted by atomic mass is 35.5. The number of hydrazine groups is 1. The Balaban J connectivity index is 1.37. The van der Waals surface area contributed by atoms with Gasteiger partial charge in [-0.1, -0.05) is 48.0 Å². The van der Waals surface area contributed by atoms with E-state index in [-0.39, 0.29) is 5.91 Å². The first-order valence-electron chi connectivity index (χ1n) is 9.69. The Morgan fingerprint density at radius 1 is 0.781 bits per heavy atom. The number of carbonyl (C=O) groups excluding carboxylic acids is 3. The van der Waals surface area contributed by atoms with Gasteiger partial charge in [0.05, 0.1) is 5.02 Å². The topological polar surface area (TPSA) is 87.3 Å². The van der Waals surface area contributed by atoms with Crippen molar-refractivity contribution < 1.29 is 14.4 Å². The third-order valence-electron chi connectivity index (χ3n) is 4.83. The van der Waals surface area contributed by atoms with Crippen LogP contribution in [0.15, 0.2) is 72.8 Å². The molecule has 0 aliphatic heterocycles. The maximum Gasteiger partial charge on any atom is 0.281 e. The molecule has 0 saturated heterocycles. The summed E-state index contributed by atoms with van der Waals surface area (Å²) in [6.07, 6.45) is 0. The highest BCUT2D eigenvalue weighted by Crippen LogP contribution is 2.34. The van der Waals surface area contributed by atoms with Crippen LogP contribution in [0, 0.1) is 6.92 Å². The quantitative estimate of drug-likeness (QED) is 0.364. The Labute approximate surface area is 193 Å². The van der Waals surface area contributed by atoms with E-state index in [1.54, 1.807) is 36.4 Å². The maximum atomic E-state index is 12.5. The average Bonchev–Trinajstić information content (AvgIpc) is 3.14. The molecule has 0 fully saturated rings. The van der Waals surface area contributed by atoms with E-state index in [0.717, 1.165) is 15.6 Å². The minimum Gasteiger partial charge on any atom is -0.322 e. The van der Waals surface area contributed by atoms with Gasteiger partial charge in [0.15, 0.2) is 0 Å². The van der Waals surface area contributed by atoms with Gasteiger partial charge in [0.25, 0.3) is 17.7 Å². The monoisotopic (exact) mass is 463 g/mol. The van der Waals surface area contributed by atoms with Crippen LogP contribution in [0.2, 0.25) is 5.02 Å². The van der Waals surface area contributed by atoms with Crippen LogP contribution < -0.4 is 16.2 Å². The lowest BCUT2D eigenvalue weighted by molar-refractivity contribution is 0.0849. The SMILES string of the molecule is Cc1ccccc1C(=O)Nc1ccc(C(=O)NNC(=O)c2sc3ccccc3c2Cl)cc1. The second kappa shape index (κ2) is 9.21. The van der Waals surface area contributed by atoms with Crippen molar-refractivity contribution in [3.63, 3.8) is 0 Å². The van der Waals surface area contributed by atoms with Crippen LogP contribution in [0.3, 0.4) is 0 Å². The van der Waals surface area contributed by atoms with Gasteiger partial charge >= 0.3 is 0 Å². The molecule has 3 N–H and O–H groups in total. The fourth-order valence-electron chi connectivity index (χ4n) is 3.13. The van der Waals surface area contributed by atoms with Crippen LogP contribution in [0.25, 0.3) is 10.1 Å². The molecule has 8 heteroatoms. The van der Waals surface area contributed by atoms with Crippen molar-refractivity contribution in [1.29, 1.82) is 0 Å². The largest absolute Gasteiger partial charge is 0.322 e. The van der Waals surface area contributed by atoms with Gasteiger partial charge in [-0.2, -0.15) is 0 Å². The van der Waals surface area contributed by atoms with Crippen LogP contribution >= 0.6 is 22.9 Å². The van der Waals surface area contributed by atoms with Crippen LogP contribution in [-0.2, 0) is 0 Å². The summed E-state index contributed by atoms with van der Waals surface area (Å²) in [6, 6.07) is 21.1. The maximum absolute atomic E-state index is 12.5. The van der Waals surface area contributed by atoms with Gasteiger partial charge in [-0.15, -0.1) is 11.3 Å². The van der Waals surface area contributed by atoms with E-state index in [4.69, 9.17) is 11.6 Å². The Bertz CT molecular complexity index is 1330. The molecule has 0 bridgehead atoms. The number of amides is 3. The van der Waals surface area contributed by atoms with E-state index in [1.807, 2.05) is 43.3 Å². The fraction of sp³-hybridized carbons (Fsp3) is 0.0417. The molecular formula is C24H18ClN3O3S. The number of nitrogens with one attached hydrogen (secondary N) is 3. The lowest BCUT2D eigenvalue weighted by atomic mass is 10.1. The van der Waals surface area contributed by atoms with Crippen molar-refractivity contribution >= 4 is 56.4 Å². The second-order valence-electron chi connectivity index (χ2n) is 7.00. The van der Waals surface area contributed by atoms with Crippen LogP contribution in [0.1, 0.15) is 36.0 Å². The van der Waals surface area contributed by atoms with Gasteiger partial charge in [-0.3, -0.25) is 25.2 Å². The molecule has 3 aromatic carbocycles. The third kappa shape index (κ3) is 4.49. The van der Waals surface area contributed by atoms with E-state index in [2.05, 4.69) is 16.2 Å². The fourth-order valence-corrected chi connectivity index (χ4v) is 4.55. The van der Waals surface area contributed by atoms with Crippen LogP contribution in [0.5, 0.6) is 0 Å². The first-order valence-corrected chi connectivity index (χ1v) is 10.9. The summed E-state index contributed by atoms with van der Waals surface area (Å²) in [5.41, 5.74) is 7.10. The van der Waals surface area contributed by atoms with E-state index < -0.39 is 11.8 Å². The highest BCUT2D eigenvalue weighted by molar-refractivity contribution is 7.21. The molecule has 32 heavy (non-hydrogen) atoms. The average molecular weight is 464 g/mol. The highest BCUT2D eigenvalue weighted by Gasteiger charge is 2.18. The molecule has 0 unspecified atom stereocenters. The molecule has 4 rings (SSSR count). The van der Waals surface area contributed by atoms with Gasteiger partial charge in [0.1, 0.15) is 4.88 Å². The summed E-state index contributed by atoms with van der Waals surface area (Å²) in [5, 5.41) is 3.95. The summed E-state index contributed by atoms with van der Waals surface area (Å²) >= 11 is 7.55. The summed E-state index contributed by atoms with van der Waals surface area (Å²) in [6.45, 7) is 1.86. The summed E-state index contributed by atoms with van der Waals surface area (Å²) in [4.78, 5) is 37.6. The number of carbonyl (C=O) groups is 3. The molecule has 1 heterocycles. The van der Waals surface area contributed by atoms with Crippen molar-refractivity contribution in [2.75, 3.05) is 5.32 Å². The molecule has 160 valence electrons. The number of rotatable bonds is 4. The molecule has 1 aromatic heterocycles. The lowest BCUT2D eigenvalue weighted by Crippen LogP contribution is -2.41. The predicted molar refractivity (Wildman–Crippen MR) is 127 cm³/mol. The van der Waals surface area contributed by atoms with Crippen LogP contribution in [-0.4, -0.2) is 17.7 Å². The zero-order valence-electron chi connectivity index (χ0n) is 16.9. The van der Waals surface area contributed by atoms with Crippen molar-refractivity contribution in [1.82, 2.24) is 10.9 Å². The molecule has 0 spiro atoms. The van der Waals surface area contributed by atoms with Crippen molar-refractivity contribution in [3.05, 3.63) is 99.4 Å². The Morgan fingerprint density at radius 3 is 2.16 bits per heavy atom. The number of benzene rings is 3. The zero-order valence-corrected chi connectivity index (χ0v) is 18.5. The summed E-state index contributed by atoms with van der Waals surface area (Å²) in [5.74, 6) is -1.22. The molecular weight excluding hydrogens is 446 g/mol. The molecule has 0 atom stereocenters. The first-order chi connectivity index (χ1) is 15.4. The lowest BCUT2D eigenvalue weighted by Gasteiger charge is -2.09. The standard InChI is InChI=1S/C24H18ClN3O3S/c1-14-6-2-3-7-17(14)23(30)26-16-12-10-15(11-13-16)22(29)27-28-24(31)21-20(25)18-8-4-5-9-19(18)32-21/h2-13H,1H3,(H,26,30)(H,27,29)(H,28,31). The molecule has 3 amide bonds. The number of halogens is 1. The number of anilines is 1. The zero-order chi connectivity index (χ0) is 22.7. The first kappa shape index (κ1) is 21.5. The summed E-state index contributed by atoms with van der Waals surface area (Å²) < 4.78 is 0.886. The molecule has 4 aromatic rings. The van der Waals surface area contributed by atoms with Crippen molar-refractivity contribution in [2.45, 2.75) is 6.92 Å². The number of aryl methyl sites for hydroxylation is 1. The van der Waals surface area contributed by atoms with Crippen molar-refractivity contribution in [2.24, 2.45) is 0 Å². The van der Waals surface area contributed by atoms with Crippen molar-refractivity contribution in [3.8, 4) is 0 Å². The van der Waals surface area contributed by atoms with E-state index in [0.29, 0.717) is 26.7 Å². The second-order valence-corrected chi connectivity index (χ2v) is 8.43. The Morgan fingerprint density at radius 2 is 1.44 bits per heavy atom. The minimum atomic E-state index is -0.494. The Hall–Kier alpha value is -3.68. The molecule has 0 radical (unpaired) electrons. The number of hydrogen-bond acceptors (Lipinski definition) is 4. The predicted octanol–water partition coefficient (Wildman–Crippen LogP) is 5.19. The summed E-state index contributed by atoms with van der Waals surface area (Å²) in [7, 11) is 0. The van der Waals surface area contributed by atoms with E-state index in [1.165, 1.54) is 11.3 Å². The molecule has 0 aliphatic carbocycles. The smallest absolute Gasteiger partial charge is 0.281 e. The minimum absolute atomic E-state index is 0.229. The number of fused-ring (bicyclic) bond motifs is 1. The number of thiophene rings is 1. The van der Waals surface area contributed by atoms with Gasteiger partial charge in [-0.05, 0) is 48.9 Å². The normalized spacial score (nSPS) is 10.6. The molecule has 0 saturated carbocycles. The van der Waals surface area contributed by atoms with Gasteiger partial charge in [0, 0.05) is 26.9 Å². The number of hydrogen-bond donors (Lipinski definition) is 3.